The van der Waals surface area contributed by atoms with Crippen LogP contribution in [-0.4, -0.2) is 34.3 Å². The van der Waals surface area contributed by atoms with Crippen LogP contribution in [0.15, 0.2) is 6.07 Å². The fourth-order valence-electron chi connectivity index (χ4n) is 1.98. The molecule has 6 heteroatoms. The van der Waals surface area contributed by atoms with Gasteiger partial charge >= 0.3 is 0 Å². The molecule has 1 unspecified atom stereocenters. The summed E-state index contributed by atoms with van der Waals surface area (Å²) >= 11 is 1.67. The third-order valence-corrected chi connectivity index (χ3v) is 4.04. The maximum absolute atomic E-state index is 9.61. The van der Waals surface area contributed by atoms with Crippen molar-refractivity contribution in [3.8, 4) is 0 Å². The number of rotatable bonds is 7. The van der Waals surface area contributed by atoms with Crippen molar-refractivity contribution in [1.29, 1.82) is 0 Å². The molecule has 0 saturated carbocycles. The molecule has 0 radical (unpaired) electrons. The van der Waals surface area contributed by atoms with E-state index in [0.717, 1.165) is 35.4 Å². The molecule has 110 valence electrons. The van der Waals surface area contributed by atoms with Gasteiger partial charge in [-0.1, -0.05) is 6.92 Å². The van der Waals surface area contributed by atoms with Gasteiger partial charge in [-0.25, -0.2) is 4.98 Å². The van der Waals surface area contributed by atoms with Gasteiger partial charge in [0.2, 0.25) is 5.95 Å². The molecule has 2 rings (SSSR count). The Bertz CT molecular complexity index is 570. The predicted molar refractivity (Wildman–Crippen MR) is 85.7 cm³/mol. The number of hydrogen-bond donors (Lipinski definition) is 3. The second-order valence-corrected chi connectivity index (χ2v) is 6.01. The van der Waals surface area contributed by atoms with E-state index < -0.39 is 0 Å². The van der Waals surface area contributed by atoms with Crippen LogP contribution in [0.2, 0.25) is 0 Å². The minimum absolute atomic E-state index is 0.253. The third-order valence-electron chi connectivity index (χ3n) is 3.09. The highest BCUT2D eigenvalue weighted by Crippen LogP contribution is 2.29. The Morgan fingerprint density at radius 1 is 1.30 bits per heavy atom. The number of hydrogen-bond acceptors (Lipinski definition) is 6. The number of fused-ring (bicyclic) bond motifs is 1. The normalized spacial score (nSPS) is 12.6. The van der Waals surface area contributed by atoms with E-state index in [1.165, 1.54) is 4.88 Å². The summed E-state index contributed by atoms with van der Waals surface area (Å²) in [6.07, 6.45) is 1.25. The van der Waals surface area contributed by atoms with Crippen LogP contribution in [0, 0.1) is 6.92 Å². The van der Waals surface area contributed by atoms with Crippen LogP contribution in [0.25, 0.3) is 10.2 Å². The smallest absolute Gasteiger partial charge is 0.226 e. The first kappa shape index (κ1) is 15.0. The summed E-state index contributed by atoms with van der Waals surface area (Å²) in [4.78, 5) is 11.2. The molecule has 2 aromatic rings. The van der Waals surface area contributed by atoms with E-state index in [4.69, 9.17) is 0 Å². The van der Waals surface area contributed by atoms with Crippen LogP contribution in [-0.2, 0) is 0 Å². The van der Waals surface area contributed by atoms with Gasteiger partial charge in [-0.15, -0.1) is 11.3 Å². The highest BCUT2D eigenvalue weighted by atomic mass is 32.1. The second kappa shape index (κ2) is 6.85. The molecule has 0 aliphatic rings. The van der Waals surface area contributed by atoms with Gasteiger partial charge < -0.3 is 15.7 Å². The van der Waals surface area contributed by atoms with Crippen LogP contribution < -0.4 is 10.6 Å². The van der Waals surface area contributed by atoms with E-state index in [-0.39, 0.29) is 6.10 Å². The Morgan fingerprint density at radius 2 is 2.10 bits per heavy atom. The molecule has 3 N–H and O–H groups in total. The number of aliphatic hydroxyl groups is 1. The molecule has 0 aliphatic heterocycles. The molecule has 2 heterocycles. The lowest BCUT2D eigenvalue weighted by Gasteiger charge is -2.11. The summed E-state index contributed by atoms with van der Waals surface area (Å²) in [6.45, 7) is 7.59. The first-order valence-corrected chi connectivity index (χ1v) is 7.89. The van der Waals surface area contributed by atoms with Crippen LogP contribution in [0.1, 0.15) is 31.6 Å². The summed E-state index contributed by atoms with van der Waals surface area (Å²) in [7, 11) is 0. The summed E-state index contributed by atoms with van der Waals surface area (Å²) in [5, 5.41) is 17.1. The lowest BCUT2D eigenvalue weighted by Crippen LogP contribution is -2.13. The highest BCUT2D eigenvalue weighted by Gasteiger charge is 2.10. The van der Waals surface area contributed by atoms with Gasteiger partial charge in [-0.2, -0.15) is 4.98 Å². The Labute approximate surface area is 123 Å². The van der Waals surface area contributed by atoms with Gasteiger partial charge in [0.05, 0.1) is 11.5 Å². The van der Waals surface area contributed by atoms with Crippen molar-refractivity contribution in [2.75, 3.05) is 23.7 Å². The quantitative estimate of drug-likeness (QED) is 0.732. The number of aliphatic hydroxyl groups excluding tert-OH is 1. The van der Waals surface area contributed by atoms with Gasteiger partial charge in [0.15, 0.2) is 0 Å². The minimum Gasteiger partial charge on any atom is -0.393 e. The van der Waals surface area contributed by atoms with E-state index in [1.807, 2.05) is 13.8 Å². The molecular formula is C14H22N4OS. The van der Waals surface area contributed by atoms with Crippen LogP contribution >= 0.6 is 11.3 Å². The van der Waals surface area contributed by atoms with Crippen LogP contribution in [0.4, 0.5) is 11.8 Å². The fraction of sp³-hybridized carbons (Fsp3) is 0.571. The third kappa shape index (κ3) is 3.58. The van der Waals surface area contributed by atoms with Crippen molar-refractivity contribution >= 4 is 33.3 Å². The van der Waals surface area contributed by atoms with E-state index in [1.54, 1.807) is 11.3 Å². The molecule has 0 spiro atoms. The number of thiophene rings is 1. The molecule has 0 amide bonds. The lowest BCUT2D eigenvalue weighted by atomic mass is 10.2. The van der Waals surface area contributed by atoms with Crippen molar-refractivity contribution < 1.29 is 5.11 Å². The van der Waals surface area contributed by atoms with E-state index in [0.29, 0.717) is 12.5 Å². The zero-order valence-electron chi connectivity index (χ0n) is 12.2. The fourth-order valence-corrected chi connectivity index (χ4v) is 2.85. The van der Waals surface area contributed by atoms with Crippen LogP contribution in [0.5, 0.6) is 0 Å². The Morgan fingerprint density at radius 3 is 2.80 bits per heavy atom. The average molecular weight is 294 g/mol. The molecule has 0 fully saturated rings. The summed E-state index contributed by atoms with van der Waals surface area (Å²) in [5.74, 6) is 1.50. The lowest BCUT2D eigenvalue weighted by molar-refractivity contribution is 0.164. The molecule has 0 bridgehead atoms. The summed E-state index contributed by atoms with van der Waals surface area (Å²) in [6, 6.07) is 2.11. The second-order valence-electron chi connectivity index (χ2n) is 4.78. The Kier molecular flexibility index (Phi) is 5.14. The maximum atomic E-state index is 9.61. The largest absolute Gasteiger partial charge is 0.393 e. The molecule has 5 nitrogen and oxygen atoms in total. The van der Waals surface area contributed by atoms with E-state index >= 15 is 0 Å². The van der Waals surface area contributed by atoms with Crippen molar-refractivity contribution in [2.45, 2.75) is 39.7 Å². The number of aryl methyl sites for hydroxylation is 1. The maximum Gasteiger partial charge on any atom is 0.226 e. The van der Waals surface area contributed by atoms with Gasteiger partial charge in [-0.05, 0) is 32.8 Å². The zero-order valence-corrected chi connectivity index (χ0v) is 13.0. The zero-order chi connectivity index (χ0) is 14.5. The van der Waals surface area contributed by atoms with Crippen molar-refractivity contribution in [1.82, 2.24) is 9.97 Å². The summed E-state index contributed by atoms with van der Waals surface area (Å²) < 4.78 is 0. The van der Waals surface area contributed by atoms with Gasteiger partial charge in [-0.3, -0.25) is 0 Å². The topological polar surface area (TPSA) is 70.1 Å². The minimum atomic E-state index is -0.253. The molecular weight excluding hydrogens is 272 g/mol. The Hall–Kier alpha value is -1.40. The van der Waals surface area contributed by atoms with Gasteiger partial charge in [0.25, 0.3) is 0 Å². The Balaban J connectivity index is 2.20. The average Bonchev–Trinajstić information content (AvgIpc) is 2.79. The number of anilines is 2. The molecule has 20 heavy (non-hydrogen) atoms. The van der Waals surface area contributed by atoms with Gasteiger partial charge in [0.1, 0.15) is 10.6 Å². The van der Waals surface area contributed by atoms with Gasteiger partial charge in [0, 0.05) is 18.0 Å². The number of aromatic nitrogens is 2. The van der Waals surface area contributed by atoms with Crippen molar-refractivity contribution in [3.63, 3.8) is 0 Å². The van der Waals surface area contributed by atoms with E-state index in [9.17, 15) is 5.11 Å². The van der Waals surface area contributed by atoms with Crippen LogP contribution in [0.3, 0.4) is 0 Å². The molecule has 0 aromatic carbocycles. The predicted octanol–water partition coefficient (Wildman–Crippen LogP) is 3.00. The molecule has 2 aromatic heterocycles. The standard InChI is InChI=1S/C14H22N4OS/c1-4-10(19)6-7-16-12-11-8-9(3)20-13(11)18-14(17-12)15-5-2/h8,10,19H,4-7H2,1-3H3,(H2,15,16,17,18). The number of nitrogens with one attached hydrogen (secondary N) is 2. The molecule has 1 atom stereocenters. The first-order chi connectivity index (χ1) is 9.63. The van der Waals surface area contributed by atoms with E-state index in [2.05, 4.69) is 33.6 Å². The number of nitrogens with zero attached hydrogens (tertiary/aromatic N) is 2. The highest BCUT2D eigenvalue weighted by molar-refractivity contribution is 7.18. The van der Waals surface area contributed by atoms with Crippen molar-refractivity contribution in [3.05, 3.63) is 10.9 Å². The van der Waals surface area contributed by atoms with Crippen molar-refractivity contribution in [2.24, 2.45) is 0 Å². The monoisotopic (exact) mass is 294 g/mol. The SMILES string of the molecule is CCNc1nc(NCCC(O)CC)c2cc(C)sc2n1. The molecule has 0 aliphatic carbocycles. The summed E-state index contributed by atoms with van der Waals surface area (Å²) in [5.41, 5.74) is 0. The molecule has 0 saturated heterocycles. The first-order valence-electron chi connectivity index (χ1n) is 7.08.